The van der Waals surface area contributed by atoms with Crippen molar-refractivity contribution in [2.45, 2.75) is 37.4 Å². The van der Waals surface area contributed by atoms with Gasteiger partial charge in [-0.15, -0.1) is 21.5 Å². The van der Waals surface area contributed by atoms with Crippen molar-refractivity contribution in [3.8, 4) is 0 Å². The fourth-order valence-corrected chi connectivity index (χ4v) is 3.68. The summed E-state index contributed by atoms with van der Waals surface area (Å²) in [5.41, 5.74) is 0. The molecule has 1 N–H and O–H groups in total. The Kier molecular flexibility index (Phi) is 4.07. The lowest BCUT2D eigenvalue weighted by atomic mass is 10.3. The summed E-state index contributed by atoms with van der Waals surface area (Å²) in [5, 5.41) is 13.4. The standard InChI is InChI=1S/C13H15N5OS2/c1-4-8-6-9-10(20-8)15-12(14-5-2)16-11(9)21-13-18-17-7(3)19-13/h6H,4-5H2,1-3H3,(H,14,15,16). The van der Waals surface area contributed by atoms with E-state index in [1.165, 1.54) is 16.6 Å². The summed E-state index contributed by atoms with van der Waals surface area (Å²) in [5.74, 6) is 1.18. The van der Waals surface area contributed by atoms with Gasteiger partial charge in [-0.2, -0.15) is 0 Å². The van der Waals surface area contributed by atoms with Crippen LogP contribution in [0.4, 0.5) is 5.95 Å². The number of rotatable bonds is 5. The summed E-state index contributed by atoms with van der Waals surface area (Å²) in [7, 11) is 0. The van der Waals surface area contributed by atoms with Gasteiger partial charge < -0.3 is 9.73 Å². The van der Waals surface area contributed by atoms with Crippen molar-refractivity contribution >= 4 is 39.3 Å². The molecule has 0 bridgehead atoms. The maximum atomic E-state index is 5.43. The lowest BCUT2D eigenvalue weighted by Gasteiger charge is -2.04. The molecule has 0 aliphatic carbocycles. The van der Waals surface area contributed by atoms with E-state index in [0.29, 0.717) is 17.1 Å². The van der Waals surface area contributed by atoms with Crippen LogP contribution in [-0.4, -0.2) is 26.7 Å². The first-order valence-electron chi connectivity index (χ1n) is 6.72. The van der Waals surface area contributed by atoms with Crippen LogP contribution in [0.2, 0.25) is 0 Å². The maximum absolute atomic E-state index is 5.43. The van der Waals surface area contributed by atoms with E-state index in [0.717, 1.165) is 28.2 Å². The Bertz CT molecular complexity index is 767. The zero-order valence-electron chi connectivity index (χ0n) is 12.0. The third-order valence-electron chi connectivity index (χ3n) is 2.78. The minimum atomic E-state index is 0.499. The van der Waals surface area contributed by atoms with Crippen LogP contribution in [0.1, 0.15) is 24.6 Å². The molecular weight excluding hydrogens is 306 g/mol. The predicted octanol–water partition coefficient (Wildman–Crippen LogP) is 3.53. The van der Waals surface area contributed by atoms with Crippen molar-refractivity contribution in [2.75, 3.05) is 11.9 Å². The lowest BCUT2D eigenvalue weighted by molar-refractivity contribution is 0.429. The monoisotopic (exact) mass is 321 g/mol. The molecule has 0 aliphatic heterocycles. The van der Waals surface area contributed by atoms with E-state index >= 15 is 0 Å². The zero-order chi connectivity index (χ0) is 14.8. The molecule has 110 valence electrons. The number of aromatic nitrogens is 4. The minimum absolute atomic E-state index is 0.499. The Morgan fingerprint density at radius 1 is 1.29 bits per heavy atom. The largest absolute Gasteiger partial charge is 0.416 e. The molecule has 3 rings (SSSR count). The Hall–Kier alpha value is -1.67. The Morgan fingerprint density at radius 3 is 2.81 bits per heavy atom. The van der Waals surface area contributed by atoms with Gasteiger partial charge in [0.2, 0.25) is 11.8 Å². The van der Waals surface area contributed by atoms with Crippen LogP contribution in [0.3, 0.4) is 0 Å². The van der Waals surface area contributed by atoms with Crippen LogP contribution < -0.4 is 5.32 Å². The first-order valence-corrected chi connectivity index (χ1v) is 8.35. The van der Waals surface area contributed by atoms with Crippen molar-refractivity contribution < 1.29 is 4.42 Å². The number of aryl methyl sites for hydroxylation is 2. The van der Waals surface area contributed by atoms with Crippen LogP contribution in [0.25, 0.3) is 10.2 Å². The predicted molar refractivity (Wildman–Crippen MR) is 84.1 cm³/mol. The summed E-state index contributed by atoms with van der Waals surface area (Å²) in [6.07, 6.45) is 0.987. The van der Waals surface area contributed by atoms with Gasteiger partial charge in [-0.25, -0.2) is 9.97 Å². The molecule has 6 nitrogen and oxygen atoms in total. The first-order chi connectivity index (χ1) is 10.2. The van der Waals surface area contributed by atoms with Crippen LogP contribution in [0.15, 0.2) is 20.7 Å². The summed E-state index contributed by atoms with van der Waals surface area (Å²) >= 11 is 3.07. The van der Waals surface area contributed by atoms with E-state index in [2.05, 4.69) is 38.5 Å². The Labute approximate surface area is 130 Å². The van der Waals surface area contributed by atoms with Crippen molar-refractivity contribution in [3.63, 3.8) is 0 Å². The second-order valence-corrected chi connectivity index (χ2v) is 6.41. The van der Waals surface area contributed by atoms with Crippen LogP contribution in [-0.2, 0) is 6.42 Å². The van der Waals surface area contributed by atoms with E-state index in [-0.39, 0.29) is 0 Å². The van der Waals surface area contributed by atoms with Gasteiger partial charge >= 0.3 is 0 Å². The van der Waals surface area contributed by atoms with E-state index in [1.54, 1.807) is 18.3 Å². The van der Waals surface area contributed by atoms with Gasteiger partial charge in [0.1, 0.15) is 9.86 Å². The molecule has 0 aromatic carbocycles. The molecule has 0 atom stereocenters. The van der Waals surface area contributed by atoms with Crippen LogP contribution in [0.5, 0.6) is 0 Å². The number of anilines is 1. The fraction of sp³-hybridized carbons (Fsp3) is 0.385. The number of thiophene rings is 1. The molecule has 0 spiro atoms. The molecule has 3 aromatic heterocycles. The zero-order valence-corrected chi connectivity index (χ0v) is 13.6. The highest BCUT2D eigenvalue weighted by Crippen LogP contribution is 2.35. The van der Waals surface area contributed by atoms with Crippen molar-refractivity contribution in [2.24, 2.45) is 0 Å². The summed E-state index contributed by atoms with van der Waals surface area (Å²) in [6.45, 7) is 6.71. The molecule has 0 unspecified atom stereocenters. The second kappa shape index (κ2) is 5.98. The highest BCUT2D eigenvalue weighted by molar-refractivity contribution is 7.99. The molecule has 3 heterocycles. The maximum Gasteiger partial charge on any atom is 0.282 e. The smallest absolute Gasteiger partial charge is 0.282 e. The molecule has 0 amide bonds. The molecule has 21 heavy (non-hydrogen) atoms. The molecular formula is C13H15N5OS2. The summed E-state index contributed by atoms with van der Waals surface area (Å²) < 4.78 is 5.43. The van der Waals surface area contributed by atoms with Gasteiger partial charge in [0.05, 0.1) is 0 Å². The van der Waals surface area contributed by atoms with Gasteiger partial charge in [-0.1, -0.05) is 6.92 Å². The minimum Gasteiger partial charge on any atom is -0.416 e. The first kappa shape index (κ1) is 14.3. The molecule has 0 fully saturated rings. The molecule has 0 saturated heterocycles. The van der Waals surface area contributed by atoms with E-state index < -0.39 is 0 Å². The molecule has 3 aromatic rings. The highest BCUT2D eigenvalue weighted by Gasteiger charge is 2.15. The molecule has 0 radical (unpaired) electrons. The topological polar surface area (TPSA) is 76.7 Å². The number of nitrogens with one attached hydrogen (secondary N) is 1. The number of nitrogens with zero attached hydrogens (tertiary/aromatic N) is 4. The Morgan fingerprint density at radius 2 is 2.14 bits per heavy atom. The quantitative estimate of drug-likeness (QED) is 0.720. The van der Waals surface area contributed by atoms with Crippen molar-refractivity contribution in [1.82, 2.24) is 20.2 Å². The van der Waals surface area contributed by atoms with Gasteiger partial charge in [0, 0.05) is 23.7 Å². The van der Waals surface area contributed by atoms with E-state index in [1.807, 2.05) is 6.92 Å². The average molecular weight is 321 g/mol. The van der Waals surface area contributed by atoms with E-state index in [4.69, 9.17) is 4.42 Å². The lowest BCUT2D eigenvalue weighted by Crippen LogP contribution is -2.02. The van der Waals surface area contributed by atoms with Gasteiger partial charge in [0.15, 0.2) is 0 Å². The van der Waals surface area contributed by atoms with Crippen molar-refractivity contribution in [3.05, 3.63) is 16.8 Å². The normalized spacial score (nSPS) is 11.2. The third-order valence-corrected chi connectivity index (χ3v) is 4.80. The third kappa shape index (κ3) is 3.01. The number of fused-ring (bicyclic) bond motifs is 1. The number of hydrogen-bond donors (Lipinski definition) is 1. The van der Waals surface area contributed by atoms with Gasteiger partial charge in [-0.05, 0) is 31.2 Å². The molecule has 8 heteroatoms. The highest BCUT2D eigenvalue weighted by atomic mass is 32.2. The summed E-state index contributed by atoms with van der Waals surface area (Å²) in [6, 6.07) is 2.14. The fourth-order valence-electron chi connectivity index (χ4n) is 1.84. The number of hydrogen-bond acceptors (Lipinski definition) is 8. The van der Waals surface area contributed by atoms with E-state index in [9.17, 15) is 0 Å². The summed E-state index contributed by atoms with van der Waals surface area (Å²) in [4.78, 5) is 11.4. The Balaban J connectivity index is 2.06. The SMILES string of the molecule is CCNc1nc(Sc2nnc(C)o2)c2cc(CC)sc2n1. The van der Waals surface area contributed by atoms with Crippen molar-refractivity contribution in [1.29, 1.82) is 0 Å². The van der Waals surface area contributed by atoms with Gasteiger partial charge in [-0.3, -0.25) is 0 Å². The molecule has 0 saturated carbocycles. The van der Waals surface area contributed by atoms with Gasteiger partial charge in [0.25, 0.3) is 5.22 Å². The average Bonchev–Trinajstić information content (AvgIpc) is 3.05. The molecule has 0 aliphatic rings. The van der Waals surface area contributed by atoms with Crippen LogP contribution >= 0.6 is 23.1 Å². The van der Waals surface area contributed by atoms with Crippen LogP contribution in [0, 0.1) is 6.92 Å². The second-order valence-electron chi connectivity index (χ2n) is 4.36.